The van der Waals surface area contributed by atoms with Gasteiger partial charge in [0.2, 0.25) is 0 Å². The van der Waals surface area contributed by atoms with E-state index in [9.17, 15) is 15.2 Å². The number of nitrogens with one attached hydrogen (secondary N) is 1. The molecule has 4 nitrogen and oxygen atoms in total. The van der Waals surface area contributed by atoms with Crippen LogP contribution in [0, 0.1) is 28.8 Å². The van der Waals surface area contributed by atoms with Crippen LogP contribution in [-0.2, 0) is 11.2 Å². The van der Waals surface area contributed by atoms with Crippen LogP contribution in [-0.4, -0.2) is 21.5 Å². The lowest BCUT2D eigenvalue weighted by molar-refractivity contribution is -0.130. The van der Waals surface area contributed by atoms with Crippen molar-refractivity contribution in [2.24, 2.45) is 5.92 Å². The average Bonchev–Trinajstić information content (AvgIpc) is 2.53. The Bertz CT molecular complexity index is 987. The number of hydrogen-bond donors (Lipinski definition) is 2. The van der Waals surface area contributed by atoms with Crippen molar-refractivity contribution in [3.8, 4) is 6.07 Å². The summed E-state index contributed by atoms with van der Waals surface area (Å²) < 4.78 is 0.357. The van der Waals surface area contributed by atoms with Crippen LogP contribution in [0.4, 0.5) is 0 Å². The zero-order valence-corrected chi connectivity index (χ0v) is 16.3. The number of pyridine rings is 1. The summed E-state index contributed by atoms with van der Waals surface area (Å²) in [5.41, 5.74) is 2.34. The lowest BCUT2D eigenvalue weighted by Crippen LogP contribution is -2.48. The van der Waals surface area contributed by atoms with Crippen LogP contribution in [0.3, 0.4) is 0 Å². The van der Waals surface area contributed by atoms with Gasteiger partial charge in [0.25, 0.3) is 0 Å². The van der Waals surface area contributed by atoms with E-state index in [-0.39, 0.29) is 18.1 Å². The molecule has 2 N–H and O–H groups in total. The maximum absolute atomic E-state index is 12.5. The van der Waals surface area contributed by atoms with Crippen LogP contribution in [0.1, 0.15) is 47.7 Å². The summed E-state index contributed by atoms with van der Waals surface area (Å²) in [5.74, 6) is -1.12. The van der Waals surface area contributed by atoms with Gasteiger partial charge in [0.05, 0.1) is 17.1 Å². The molecule has 3 atom stereocenters. The third-order valence-electron chi connectivity index (χ3n) is 5.19. The minimum Gasteiger partial charge on any atom is -0.389 e. The van der Waals surface area contributed by atoms with E-state index in [0.29, 0.717) is 15.2 Å². The fraction of sp³-hybridized carbons (Fsp3) is 0.350. The Kier molecular flexibility index (Phi) is 4.78. The number of aromatic amines is 1. The first-order valence-electron chi connectivity index (χ1n) is 8.31. The average molecular weight is 387 g/mol. The number of ketones is 1. The molecule has 6 heteroatoms. The van der Waals surface area contributed by atoms with Crippen LogP contribution >= 0.6 is 23.8 Å². The smallest absolute Gasteiger partial charge is 0.136 e. The first kappa shape index (κ1) is 18.8. The van der Waals surface area contributed by atoms with E-state index in [1.54, 1.807) is 19.1 Å². The van der Waals surface area contributed by atoms with Gasteiger partial charge in [-0.1, -0.05) is 36.0 Å². The second-order valence-electron chi connectivity index (χ2n) is 7.11. The number of rotatable bonds is 2. The third-order valence-corrected chi connectivity index (χ3v) is 5.75. The van der Waals surface area contributed by atoms with Gasteiger partial charge in [0.15, 0.2) is 0 Å². The Morgan fingerprint density at radius 1 is 1.42 bits per heavy atom. The molecular formula is C20H19ClN2O2S. The van der Waals surface area contributed by atoms with Gasteiger partial charge in [0, 0.05) is 23.1 Å². The molecular weight excluding hydrogens is 368 g/mol. The third kappa shape index (κ3) is 2.99. The van der Waals surface area contributed by atoms with Crippen LogP contribution in [0.5, 0.6) is 0 Å². The minimum absolute atomic E-state index is 0.0963. The van der Waals surface area contributed by atoms with E-state index in [4.69, 9.17) is 23.8 Å². The number of carbonyl (C=O) groups excluding carboxylic acids is 1. The lowest BCUT2D eigenvalue weighted by Gasteiger charge is -2.43. The van der Waals surface area contributed by atoms with Crippen molar-refractivity contribution < 1.29 is 9.90 Å². The summed E-state index contributed by atoms with van der Waals surface area (Å²) in [6.45, 7) is 5.04. The Morgan fingerprint density at radius 2 is 2.04 bits per heavy atom. The number of fused-ring (bicyclic) bond motifs is 1. The number of benzene rings is 1. The number of carbonyl (C=O) groups is 1. The van der Waals surface area contributed by atoms with Crippen LogP contribution < -0.4 is 0 Å². The highest BCUT2D eigenvalue weighted by atomic mass is 35.5. The molecule has 2 aromatic rings. The van der Waals surface area contributed by atoms with Gasteiger partial charge in [-0.3, -0.25) is 4.79 Å². The molecule has 26 heavy (non-hydrogen) atoms. The molecule has 0 fully saturated rings. The first-order chi connectivity index (χ1) is 12.2. The number of nitriles is 1. The minimum atomic E-state index is -1.29. The van der Waals surface area contributed by atoms with Gasteiger partial charge in [-0.25, -0.2) is 0 Å². The maximum atomic E-state index is 12.5. The van der Waals surface area contributed by atoms with Gasteiger partial charge >= 0.3 is 0 Å². The Morgan fingerprint density at radius 3 is 2.58 bits per heavy atom. The molecule has 1 heterocycles. The van der Waals surface area contributed by atoms with E-state index < -0.39 is 11.5 Å². The van der Waals surface area contributed by atoms with Crippen molar-refractivity contribution >= 4 is 29.6 Å². The molecule has 0 radical (unpaired) electrons. The van der Waals surface area contributed by atoms with Gasteiger partial charge in [-0.15, -0.1) is 0 Å². The zero-order valence-electron chi connectivity index (χ0n) is 14.8. The highest BCUT2D eigenvalue weighted by Crippen LogP contribution is 2.48. The highest BCUT2D eigenvalue weighted by molar-refractivity contribution is 7.71. The number of aliphatic hydroxyl groups is 1. The predicted octanol–water partition coefficient (Wildman–Crippen LogP) is 4.22. The molecule has 1 aliphatic carbocycles. The molecule has 1 aliphatic rings. The molecule has 134 valence electrons. The summed E-state index contributed by atoms with van der Waals surface area (Å²) in [7, 11) is 0. The largest absolute Gasteiger partial charge is 0.389 e. The molecule has 0 aliphatic heterocycles. The Labute approximate surface area is 162 Å². The lowest BCUT2D eigenvalue weighted by atomic mass is 9.62. The number of nitrogens with zero attached hydrogens (tertiary/aromatic N) is 1. The number of H-pyrrole nitrogens is 1. The summed E-state index contributed by atoms with van der Waals surface area (Å²) in [6, 6.07) is 9.42. The zero-order chi connectivity index (χ0) is 19.2. The number of hydrogen-bond acceptors (Lipinski definition) is 4. The van der Waals surface area contributed by atoms with E-state index in [0.717, 1.165) is 22.4 Å². The fourth-order valence-corrected chi connectivity index (χ4v) is 4.66. The topological polar surface area (TPSA) is 76.9 Å². The van der Waals surface area contributed by atoms with Crippen molar-refractivity contribution in [3.63, 3.8) is 0 Å². The second-order valence-corrected chi connectivity index (χ2v) is 7.95. The fourth-order valence-electron chi connectivity index (χ4n) is 4.22. The molecule has 1 aromatic heterocycles. The molecule has 0 bridgehead atoms. The van der Waals surface area contributed by atoms with Gasteiger partial charge in [-0.2, -0.15) is 5.26 Å². The highest BCUT2D eigenvalue weighted by Gasteiger charge is 2.48. The van der Waals surface area contributed by atoms with Crippen molar-refractivity contribution in [3.05, 3.63) is 61.9 Å². The summed E-state index contributed by atoms with van der Waals surface area (Å²) >= 11 is 11.3. The second kappa shape index (κ2) is 6.62. The summed E-state index contributed by atoms with van der Waals surface area (Å²) in [5, 5.41) is 21.3. The molecule has 1 aromatic carbocycles. The van der Waals surface area contributed by atoms with Crippen molar-refractivity contribution in [1.29, 1.82) is 5.26 Å². The van der Waals surface area contributed by atoms with Crippen LogP contribution in [0.2, 0.25) is 5.02 Å². The van der Waals surface area contributed by atoms with E-state index in [2.05, 4.69) is 11.1 Å². The molecule has 0 saturated heterocycles. The first-order valence-corrected chi connectivity index (χ1v) is 9.10. The molecule has 3 unspecified atom stereocenters. The SMILES string of the molecule is CC(=O)C1C(c2ccc(Cl)cc2)c2c(C)[nH]c(=S)c(C#N)c2CC1(C)O. The standard InChI is InChI=1S/C20H19ClN2O2S/c1-10-16-14(15(9-22)19(26)23-10)8-20(3,25)18(11(2)24)17(16)12-4-6-13(21)7-5-12/h4-7,17-18,25H,8H2,1-3H3,(H,23,26). The molecule has 0 amide bonds. The van der Waals surface area contributed by atoms with Crippen molar-refractivity contribution in [2.75, 3.05) is 0 Å². The Hall–Kier alpha value is -2.00. The predicted molar refractivity (Wildman–Crippen MR) is 103 cm³/mol. The Balaban J connectivity index is 2.39. The monoisotopic (exact) mass is 386 g/mol. The normalized spacial score (nSPS) is 24.6. The molecule has 3 rings (SSSR count). The molecule has 0 saturated carbocycles. The number of aromatic nitrogens is 1. The molecule has 0 spiro atoms. The number of aryl methyl sites for hydroxylation is 1. The van der Waals surface area contributed by atoms with Crippen molar-refractivity contribution in [2.45, 2.75) is 38.7 Å². The van der Waals surface area contributed by atoms with Gasteiger partial charge < -0.3 is 10.1 Å². The van der Waals surface area contributed by atoms with E-state index >= 15 is 0 Å². The summed E-state index contributed by atoms with van der Waals surface area (Å²) in [4.78, 5) is 15.6. The number of Topliss-reactive ketones (excluding diaryl/α,β-unsaturated/α-hetero) is 1. The van der Waals surface area contributed by atoms with E-state index in [1.807, 2.05) is 19.1 Å². The number of halogens is 1. The van der Waals surface area contributed by atoms with E-state index in [1.165, 1.54) is 6.92 Å². The quantitative estimate of drug-likeness (QED) is 0.757. The van der Waals surface area contributed by atoms with Gasteiger partial charge in [0.1, 0.15) is 16.5 Å². The van der Waals surface area contributed by atoms with Crippen LogP contribution in [0.25, 0.3) is 0 Å². The summed E-state index contributed by atoms with van der Waals surface area (Å²) in [6.07, 6.45) is 0.207. The maximum Gasteiger partial charge on any atom is 0.136 e. The van der Waals surface area contributed by atoms with Crippen molar-refractivity contribution in [1.82, 2.24) is 4.98 Å². The van der Waals surface area contributed by atoms with Gasteiger partial charge in [-0.05, 0) is 49.6 Å². The van der Waals surface area contributed by atoms with Crippen LogP contribution in [0.15, 0.2) is 24.3 Å².